The molecule has 4 heteroatoms. The van der Waals surface area contributed by atoms with Crippen LogP contribution < -0.4 is 4.74 Å². The van der Waals surface area contributed by atoms with E-state index in [9.17, 15) is 14.7 Å². The third-order valence-electron chi connectivity index (χ3n) is 5.38. The molecule has 0 atom stereocenters. The van der Waals surface area contributed by atoms with Gasteiger partial charge < -0.3 is 9.84 Å². The molecule has 29 heavy (non-hydrogen) atoms. The van der Waals surface area contributed by atoms with E-state index < -0.39 is 5.97 Å². The first-order valence-corrected chi connectivity index (χ1v) is 9.76. The fourth-order valence-corrected chi connectivity index (χ4v) is 3.94. The van der Waals surface area contributed by atoms with Crippen molar-refractivity contribution in [3.8, 4) is 16.9 Å². The van der Waals surface area contributed by atoms with Gasteiger partial charge in [-0.25, -0.2) is 4.79 Å². The van der Waals surface area contributed by atoms with Crippen LogP contribution >= 0.6 is 0 Å². The van der Waals surface area contributed by atoms with E-state index >= 15 is 0 Å². The Morgan fingerprint density at radius 1 is 0.793 bits per heavy atom. The largest absolute Gasteiger partial charge is 0.478 e. The number of carbonyl (C=O) groups is 2. The van der Waals surface area contributed by atoms with Crippen LogP contribution in [-0.2, 0) is 30.5 Å². The molecule has 146 valence electrons. The number of esters is 1. The summed E-state index contributed by atoms with van der Waals surface area (Å²) in [5.74, 6) is -0.691. The first-order chi connectivity index (χ1) is 14.0. The molecule has 0 heterocycles. The van der Waals surface area contributed by atoms with Crippen LogP contribution in [0.25, 0.3) is 11.1 Å². The Hall–Kier alpha value is -3.40. The standard InChI is InChI=1S/C25H22O4/c1-16(26)29-24-5-3-2-4-21(24)22-14-17-6-7-18-9-11-20(23(15-18)25(27)28)13-12-19(22)10-8-17/h2-5,8-11,14-15H,6-7,12-13H2,1H3,(H,27,28). The average molecular weight is 386 g/mol. The SMILES string of the molecule is CC(=O)Oc1ccccc1-c1cc2ccc1CCc1ccc(cc1C(=O)O)CC2. The van der Waals surface area contributed by atoms with Gasteiger partial charge in [-0.15, -0.1) is 0 Å². The highest BCUT2D eigenvalue weighted by Gasteiger charge is 2.17. The Morgan fingerprint density at radius 2 is 1.45 bits per heavy atom. The number of carboxylic acids is 1. The molecule has 0 radical (unpaired) electrons. The Labute approximate surface area is 169 Å². The van der Waals surface area contributed by atoms with E-state index in [1.807, 2.05) is 36.4 Å². The second kappa shape index (κ2) is 7.92. The van der Waals surface area contributed by atoms with Gasteiger partial charge in [0.1, 0.15) is 5.75 Å². The lowest BCUT2D eigenvalue weighted by atomic mass is 9.88. The topological polar surface area (TPSA) is 63.6 Å². The zero-order chi connectivity index (χ0) is 20.4. The predicted octanol–water partition coefficient (Wildman–Crippen LogP) is 4.86. The average Bonchev–Trinajstić information content (AvgIpc) is 2.69. The lowest BCUT2D eigenvalue weighted by molar-refractivity contribution is -0.131. The van der Waals surface area contributed by atoms with Crippen molar-refractivity contribution in [1.82, 2.24) is 0 Å². The smallest absolute Gasteiger partial charge is 0.335 e. The van der Waals surface area contributed by atoms with Gasteiger partial charge in [-0.05, 0) is 65.6 Å². The van der Waals surface area contributed by atoms with Gasteiger partial charge in [0.25, 0.3) is 0 Å². The van der Waals surface area contributed by atoms with Crippen LogP contribution in [0.3, 0.4) is 0 Å². The number of ether oxygens (including phenoxy) is 1. The van der Waals surface area contributed by atoms with Crippen LogP contribution in [0.4, 0.5) is 0 Å². The number of rotatable bonds is 3. The van der Waals surface area contributed by atoms with Gasteiger partial charge in [-0.2, -0.15) is 0 Å². The molecule has 0 spiro atoms. The number of hydrogen-bond acceptors (Lipinski definition) is 3. The summed E-state index contributed by atoms with van der Waals surface area (Å²) in [6, 6.07) is 19.8. The van der Waals surface area contributed by atoms with Gasteiger partial charge in [-0.1, -0.05) is 48.5 Å². The van der Waals surface area contributed by atoms with Crippen molar-refractivity contribution in [2.45, 2.75) is 32.6 Å². The number of benzene rings is 3. The van der Waals surface area contributed by atoms with Gasteiger partial charge >= 0.3 is 11.9 Å². The second-order valence-electron chi connectivity index (χ2n) is 7.38. The summed E-state index contributed by atoms with van der Waals surface area (Å²) in [7, 11) is 0. The second-order valence-corrected chi connectivity index (χ2v) is 7.38. The van der Waals surface area contributed by atoms with Crippen molar-refractivity contribution in [3.63, 3.8) is 0 Å². The van der Waals surface area contributed by atoms with E-state index in [0.717, 1.165) is 40.7 Å². The fraction of sp³-hybridized carbons (Fsp3) is 0.200. The Bertz CT molecular complexity index is 1100. The monoisotopic (exact) mass is 386 g/mol. The summed E-state index contributed by atoms with van der Waals surface area (Å²) in [6.07, 6.45) is 2.90. The fourth-order valence-electron chi connectivity index (χ4n) is 3.94. The van der Waals surface area contributed by atoms with E-state index in [1.54, 1.807) is 6.07 Å². The number of carbonyl (C=O) groups excluding carboxylic acids is 1. The maximum Gasteiger partial charge on any atom is 0.335 e. The summed E-state index contributed by atoms with van der Waals surface area (Å²) in [4.78, 5) is 23.3. The molecule has 0 unspecified atom stereocenters. The third kappa shape index (κ3) is 4.06. The lowest BCUT2D eigenvalue weighted by Crippen LogP contribution is -2.08. The number of carboxylic acid groups (broad SMARTS) is 1. The molecule has 3 aromatic carbocycles. The quantitative estimate of drug-likeness (QED) is 0.516. The minimum absolute atomic E-state index is 0.352. The van der Waals surface area contributed by atoms with E-state index in [1.165, 1.54) is 12.5 Å². The van der Waals surface area contributed by atoms with Crippen molar-refractivity contribution in [3.05, 3.63) is 88.5 Å². The van der Waals surface area contributed by atoms with Crippen molar-refractivity contribution in [2.24, 2.45) is 0 Å². The Morgan fingerprint density at radius 3 is 2.17 bits per heavy atom. The van der Waals surface area contributed by atoms with E-state index in [-0.39, 0.29) is 5.97 Å². The molecule has 0 saturated heterocycles. The van der Waals surface area contributed by atoms with Crippen molar-refractivity contribution < 1.29 is 19.4 Å². The number of para-hydroxylation sites is 1. The molecular weight excluding hydrogens is 364 g/mol. The molecule has 0 amide bonds. The molecule has 0 aromatic heterocycles. The number of hydrogen-bond donors (Lipinski definition) is 1. The molecule has 3 aromatic rings. The predicted molar refractivity (Wildman–Crippen MR) is 111 cm³/mol. The van der Waals surface area contributed by atoms with Gasteiger partial charge in [0, 0.05) is 12.5 Å². The zero-order valence-corrected chi connectivity index (χ0v) is 16.3. The van der Waals surface area contributed by atoms with Crippen molar-refractivity contribution in [2.75, 3.05) is 0 Å². The van der Waals surface area contributed by atoms with Gasteiger partial charge in [0.05, 0.1) is 5.56 Å². The minimum atomic E-state index is -0.881. The van der Waals surface area contributed by atoms with Crippen LogP contribution in [0.15, 0.2) is 60.7 Å². The van der Waals surface area contributed by atoms with Crippen molar-refractivity contribution >= 4 is 11.9 Å². The maximum atomic E-state index is 11.7. The first kappa shape index (κ1) is 18.9. The molecule has 4 bridgehead atoms. The lowest BCUT2D eigenvalue weighted by Gasteiger charge is -2.17. The molecule has 0 fully saturated rings. The number of aromatic carboxylic acids is 1. The summed E-state index contributed by atoms with van der Waals surface area (Å²) in [5.41, 5.74) is 6.44. The normalized spacial score (nSPS) is 12.9. The summed E-state index contributed by atoms with van der Waals surface area (Å²) < 4.78 is 5.44. The van der Waals surface area contributed by atoms with Crippen LogP contribution in [0.5, 0.6) is 5.75 Å². The summed E-state index contributed by atoms with van der Waals surface area (Å²) in [5, 5.41) is 9.63. The molecular formula is C25H22O4. The molecule has 0 saturated carbocycles. The van der Waals surface area contributed by atoms with E-state index in [2.05, 4.69) is 18.2 Å². The zero-order valence-electron chi connectivity index (χ0n) is 16.3. The third-order valence-corrected chi connectivity index (χ3v) is 5.38. The first-order valence-electron chi connectivity index (χ1n) is 9.76. The number of aryl methyl sites for hydroxylation is 4. The van der Waals surface area contributed by atoms with Gasteiger partial charge in [0.15, 0.2) is 0 Å². The molecule has 1 N–H and O–H groups in total. The molecule has 7 rings (SSSR count). The Balaban J connectivity index is 1.81. The molecule has 4 aliphatic rings. The van der Waals surface area contributed by atoms with E-state index in [0.29, 0.717) is 24.2 Å². The molecule has 0 aliphatic heterocycles. The van der Waals surface area contributed by atoms with Crippen LogP contribution in [0.1, 0.15) is 39.5 Å². The Kier molecular flexibility index (Phi) is 5.17. The highest BCUT2D eigenvalue weighted by Crippen LogP contribution is 2.34. The van der Waals surface area contributed by atoms with Crippen LogP contribution in [-0.4, -0.2) is 17.0 Å². The van der Waals surface area contributed by atoms with Gasteiger partial charge in [0.2, 0.25) is 0 Å². The highest BCUT2D eigenvalue weighted by molar-refractivity contribution is 5.89. The van der Waals surface area contributed by atoms with Crippen LogP contribution in [0.2, 0.25) is 0 Å². The van der Waals surface area contributed by atoms with Gasteiger partial charge in [-0.3, -0.25) is 4.79 Å². The van der Waals surface area contributed by atoms with Crippen molar-refractivity contribution in [1.29, 1.82) is 0 Å². The summed E-state index contributed by atoms with van der Waals surface area (Å²) >= 11 is 0. The summed E-state index contributed by atoms with van der Waals surface area (Å²) in [6.45, 7) is 1.40. The molecule has 4 aliphatic carbocycles. The minimum Gasteiger partial charge on any atom is -0.478 e. The van der Waals surface area contributed by atoms with Crippen LogP contribution in [0, 0.1) is 0 Å². The molecule has 4 nitrogen and oxygen atoms in total. The maximum absolute atomic E-state index is 11.7. The van der Waals surface area contributed by atoms with E-state index in [4.69, 9.17) is 4.74 Å². The highest BCUT2D eigenvalue weighted by atomic mass is 16.5.